The number of furan rings is 1. The number of hydrogen-bond donors (Lipinski definition) is 0. The molecule has 2 heteroatoms. The monoisotopic (exact) mass is 771 g/mol. The first kappa shape index (κ1) is 30.6. The highest BCUT2D eigenvalue weighted by atomic mass is 16.3. The topological polar surface area (TPSA) is 16.4 Å². The minimum atomic E-state index is -0.707. The van der Waals surface area contributed by atoms with Crippen LogP contribution in [0.25, 0.3) is 55.3 Å². The fourth-order valence-corrected chi connectivity index (χ4v) is 10.5. The normalized spacial score (nSPS) is 15.0. The number of rotatable bonds is 6. The Balaban J connectivity index is 1.16. The first-order chi connectivity index (χ1) is 31.2. The summed E-state index contributed by atoms with van der Waals surface area (Å²) in [6.07, 6.45) is 0. The fourth-order valence-electron chi connectivity index (χ4n) is 10.5. The van der Waals surface area contributed by atoms with E-state index in [0.29, 0.717) is 28.1 Å². The van der Waals surface area contributed by atoms with E-state index in [1.54, 1.807) is 0 Å². The second-order valence-electron chi connectivity index (χ2n) is 16.5. The molecule has 9 aromatic carbocycles. The van der Waals surface area contributed by atoms with E-state index in [0.717, 1.165) is 60.9 Å². The van der Waals surface area contributed by atoms with Crippen molar-refractivity contribution in [2.45, 2.75) is 24.7 Å². The molecule has 0 aliphatic heterocycles. The van der Waals surface area contributed by atoms with Crippen LogP contribution in [-0.2, 0) is 10.8 Å². The van der Waals surface area contributed by atoms with Gasteiger partial charge >= 0.3 is 0 Å². The molecular formula is C58H41NO. The minimum Gasteiger partial charge on any atom is -0.456 e. The number of fused-ring (bicyclic) bond motifs is 9. The summed E-state index contributed by atoms with van der Waals surface area (Å²) in [5, 5.41) is 1.71. The van der Waals surface area contributed by atoms with Crippen LogP contribution in [0.5, 0.6) is 0 Å². The second-order valence-corrected chi connectivity index (χ2v) is 16.5. The minimum absolute atomic E-state index is 0.0955. The van der Waals surface area contributed by atoms with Gasteiger partial charge in [0.05, 0.1) is 22.0 Å². The first-order valence-corrected chi connectivity index (χ1v) is 20.6. The van der Waals surface area contributed by atoms with Crippen LogP contribution in [-0.4, -0.2) is 0 Å². The third kappa shape index (κ3) is 4.82. The van der Waals surface area contributed by atoms with Crippen LogP contribution in [0, 0.1) is 0 Å². The van der Waals surface area contributed by atoms with Gasteiger partial charge in [0.15, 0.2) is 0 Å². The van der Waals surface area contributed by atoms with Crippen LogP contribution in [0.4, 0.5) is 17.1 Å². The van der Waals surface area contributed by atoms with Gasteiger partial charge in [-0.05, 0) is 109 Å². The highest BCUT2D eigenvalue weighted by molar-refractivity contribution is 6.13. The van der Waals surface area contributed by atoms with Gasteiger partial charge in [0.2, 0.25) is 0 Å². The number of hydrogen-bond acceptors (Lipinski definition) is 2. The molecule has 0 atom stereocenters. The van der Waals surface area contributed by atoms with Crippen molar-refractivity contribution in [3.63, 3.8) is 0 Å². The van der Waals surface area contributed by atoms with Gasteiger partial charge < -0.3 is 9.32 Å². The number of para-hydroxylation sites is 1. The molecule has 0 saturated heterocycles. The van der Waals surface area contributed by atoms with Crippen LogP contribution >= 0.6 is 0 Å². The summed E-state index contributed by atoms with van der Waals surface area (Å²) in [4.78, 5) is 1.94. The van der Waals surface area contributed by atoms with E-state index in [1.807, 2.05) is 77.7 Å². The molecule has 0 radical (unpaired) electrons. The van der Waals surface area contributed by atoms with Gasteiger partial charge in [0.25, 0.3) is 0 Å². The molecule has 0 fully saturated rings. The average molecular weight is 772 g/mol. The van der Waals surface area contributed by atoms with E-state index in [2.05, 4.69) is 129 Å². The Labute approximate surface area is 356 Å². The maximum Gasteiger partial charge on any atom is 0.137 e. The summed E-state index contributed by atoms with van der Waals surface area (Å²) in [7, 11) is 0. The Kier molecular flexibility index (Phi) is 6.66. The van der Waals surface area contributed by atoms with Gasteiger partial charge in [-0.15, -0.1) is 0 Å². The molecule has 284 valence electrons. The van der Waals surface area contributed by atoms with E-state index in [9.17, 15) is 5.48 Å². The van der Waals surface area contributed by atoms with E-state index in [4.69, 9.17) is 4.42 Å². The standard InChI is InChI=1S/C58H41NO/c1-57(2)49-26-12-9-22-45(49)47-25-15-24-43(56(47)57)38-31-33-41(34-32-38)59(52-28-16-30-54-55(52)48-23-11-14-29-53(48)60-54)42-35-36-46-44-21-10-13-27-50(44)58(51(46)37-42,39-17-5-3-6-18-39)40-19-7-4-8-20-40/h3-37H,1-2H3/i31D,32D,33D,34D. The van der Waals surface area contributed by atoms with Crippen LogP contribution in [0.2, 0.25) is 0 Å². The van der Waals surface area contributed by atoms with Crippen molar-refractivity contribution in [2.75, 3.05) is 4.90 Å². The first-order valence-electron chi connectivity index (χ1n) is 22.6. The quantitative estimate of drug-likeness (QED) is 0.167. The lowest BCUT2D eigenvalue weighted by Crippen LogP contribution is -2.28. The van der Waals surface area contributed by atoms with Crippen LogP contribution in [0.1, 0.15) is 52.7 Å². The third-order valence-corrected chi connectivity index (χ3v) is 13.0. The molecular weight excluding hydrogens is 727 g/mol. The summed E-state index contributed by atoms with van der Waals surface area (Å²) in [6.45, 7) is 4.36. The summed E-state index contributed by atoms with van der Waals surface area (Å²) >= 11 is 0. The predicted molar refractivity (Wildman–Crippen MR) is 249 cm³/mol. The zero-order valence-electron chi connectivity index (χ0n) is 37.3. The molecule has 2 nitrogen and oxygen atoms in total. The summed E-state index contributed by atoms with van der Waals surface area (Å²) in [5.41, 5.74) is 13.9. The molecule has 0 saturated carbocycles. The van der Waals surface area contributed by atoms with Gasteiger partial charge in [0, 0.05) is 22.2 Å². The lowest BCUT2D eigenvalue weighted by atomic mass is 9.67. The van der Waals surface area contributed by atoms with Crippen molar-refractivity contribution in [1.29, 1.82) is 0 Å². The molecule has 1 aromatic heterocycles. The van der Waals surface area contributed by atoms with Crippen LogP contribution in [0.3, 0.4) is 0 Å². The Morgan fingerprint density at radius 1 is 0.450 bits per heavy atom. The highest BCUT2D eigenvalue weighted by Crippen LogP contribution is 2.58. The smallest absolute Gasteiger partial charge is 0.137 e. The van der Waals surface area contributed by atoms with Gasteiger partial charge in [-0.1, -0.05) is 184 Å². The zero-order valence-corrected chi connectivity index (χ0v) is 33.3. The third-order valence-electron chi connectivity index (χ3n) is 13.0. The van der Waals surface area contributed by atoms with Crippen LogP contribution < -0.4 is 4.90 Å². The van der Waals surface area contributed by atoms with E-state index in [1.165, 1.54) is 11.1 Å². The average Bonchev–Trinajstić information content (AvgIpc) is 3.94. The molecule has 0 bridgehead atoms. The molecule has 0 N–H and O–H groups in total. The largest absolute Gasteiger partial charge is 0.456 e. The summed E-state index contributed by atoms with van der Waals surface area (Å²) in [6, 6.07) is 64.1. The molecule has 10 aromatic rings. The van der Waals surface area contributed by atoms with E-state index >= 15 is 0 Å². The Bertz CT molecular complexity index is 3470. The predicted octanol–water partition coefficient (Wildman–Crippen LogP) is 15.4. The molecule has 2 aliphatic carbocycles. The lowest BCUT2D eigenvalue weighted by molar-refractivity contribution is 0.662. The Hall–Kier alpha value is -7.42. The maximum absolute atomic E-state index is 10.1. The highest BCUT2D eigenvalue weighted by Gasteiger charge is 2.46. The number of nitrogens with zero attached hydrogens (tertiary/aromatic N) is 1. The molecule has 12 rings (SSSR count). The van der Waals surface area contributed by atoms with Crippen molar-refractivity contribution in [3.8, 4) is 33.4 Å². The van der Waals surface area contributed by atoms with Crippen molar-refractivity contribution in [2.24, 2.45) is 0 Å². The van der Waals surface area contributed by atoms with Gasteiger partial charge in [-0.3, -0.25) is 0 Å². The van der Waals surface area contributed by atoms with E-state index < -0.39 is 10.8 Å². The van der Waals surface area contributed by atoms with Crippen molar-refractivity contribution in [1.82, 2.24) is 0 Å². The molecule has 2 aliphatic rings. The van der Waals surface area contributed by atoms with Crippen molar-refractivity contribution >= 4 is 39.0 Å². The molecule has 0 unspecified atom stereocenters. The SMILES string of the molecule is [2H]c1c([2H])c(N(c2ccc3c(c2)C(c2ccccc2)(c2ccccc2)c2ccccc2-3)c2cccc3oc4ccccc4c23)c([2H])c([2H])c1-c1cccc2c1C(C)(C)c1ccccc1-2. The van der Waals surface area contributed by atoms with E-state index in [-0.39, 0.29) is 29.9 Å². The summed E-state index contributed by atoms with van der Waals surface area (Å²) in [5.74, 6) is 0. The number of anilines is 3. The van der Waals surface area contributed by atoms with Gasteiger partial charge in [-0.25, -0.2) is 0 Å². The lowest BCUT2D eigenvalue weighted by Gasteiger charge is -2.35. The zero-order chi connectivity index (χ0) is 43.5. The van der Waals surface area contributed by atoms with Gasteiger partial charge in [0.1, 0.15) is 11.2 Å². The van der Waals surface area contributed by atoms with Crippen LogP contribution in [0.15, 0.2) is 217 Å². The molecule has 0 spiro atoms. The number of benzene rings is 9. The molecule has 1 heterocycles. The maximum atomic E-state index is 10.1. The Morgan fingerprint density at radius 3 is 1.77 bits per heavy atom. The van der Waals surface area contributed by atoms with Gasteiger partial charge in [-0.2, -0.15) is 0 Å². The Morgan fingerprint density at radius 2 is 1.02 bits per heavy atom. The molecule has 0 amide bonds. The summed E-state index contributed by atoms with van der Waals surface area (Å²) < 4.78 is 46.4. The van der Waals surface area contributed by atoms with Crippen molar-refractivity contribution < 1.29 is 9.90 Å². The molecule has 60 heavy (non-hydrogen) atoms. The fraction of sp³-hybridized carbons (Fsp3) is 0.0690. The van der Waals surface area contributed by atoms with Crippen molar-refractivity contribution in [3.05, 3.63) is 246 Å². The second kappa shape index (κ2) is 13.0.